The zero-order valence-electron chi connectivity index (χ0n) is 11.6. The molecule has 1 saturated carbocycles. The third kappa shape index (κ3) is 3.21. The van der Waals surface area contributed by atoms with Crippen LogP contribution in [0, 0.1) is 11.3 Å². The molecule has 1 aliphatic carbocycles. The van der Waals surface area contributed by atoms with Crippen LogP contribution in [0.1, 0.15) is 59.8 Å². The summed E-state index contributed by atoms with van der Waals surface area (Å²) in [6.07, 6.45) is 4.04. The first-order valence-corrected chi connectivity index (χ1v) is 6.75. The van der Waals surface area contributed by atoms with Gasteiger partial charge in [-0.05, 0) is 43.9 Å². The molecule has 100 valence electrons. The molecule has 17 heavy (non-hydrogen) atoms. The molecule has 1 fully saturated rings. The van der Waals surface area contributed by atoms with E-state index in [0.29, 0.717) is 30.8 Å². The zero-order valence-corrected chi connectivity index (χ0v) is 11.6. The first kappa shape index (κ1) is 14.5. The van der Waals surface area contributed by atoms with Crippen molar-refractivity contribution in [3.8, 4) is 0 Å². The molecule has 1 N–H and O–H groups in total. The Labute approximate surface area is 105 Å². The Hall–Kier alpha value is -0.570. The van der Waals surface area contributed by atoms with Crippen molar-refractivity contribution < 1.29 is 14.6 Å². The lowest BCUT2D eigenvalue weighted by Crippen LogP contribution is -2.45. The summed E-state index contributed by atoms with van der Waals surface area (Å²) in [6.45, 7) is 8.85. The molecule has 0 aromatic heterocycles. The van der Waals surface area contributed by atoms with Crippen molar-refractivity contribution in [2.24, 2.45) is 11.3 Å². The number of ether oxygens (including phenoxy) is 1. The van der Waals surface area contributed by atoms with Crippen LogP contribution < -0.4 is 0 Å². The predicted molar refractivity (Wildman–Crippen MR) is 67.6 cm³/mol. The van der Waals surface area contributed by atoms with Gasteiger partial charge in [0.25, 0.3) is 0 Å². The largest absolute Gasteiger partial charge is 0.464 e. The van der Waals surface area contributed by atoms with Gasteiger partial charge < -0.3 is 9.84 Å². The minimum atomic E-state index is -1.23. The van der Waals surface area contributed by atoms with Crippen LogP contribution >= 0.6 is 0 Å². The maximum Gasteiger partial charge on any atom is 0.338 e. The Bertz CT molecular complexity index is 263. The van der Waals surface area contributed by atoms with Gasteiger partial charge in [-0.15, -0.1) is 0 Å². The summed E-state index contributed by atoms with van der Waals surface area (Å²) in [4.78, 5) is 11.7. The van der Waals surface area contributed by atoms with Gasteiger partial charge in [-0.1, -0.05) is 27.2 Å². The smallest absolute Gasteiger partial charge is 0.338 e. The lowest BCUT2D eigenvalue weighted by atomic mass is 9.66. The van der Waals surface area contributed by atoms with Crippen LogP contribution in [0.25, 0.3) is 0 Å². The van der Waals surface area contributed by atoms with Gasteiger partial charge in [-0.2, -0.15) is 0 Å². The van der Waals surface area contributed by atoms with Crippen molar-refractivity contribution >= 4 is 5.97 Å². The van der Waals surface area contributed by atoms with Gasteiger partial charge in [0.1, 0.15) is 0 Å². The Morgan fingerprint density at radius 2 is 1.88 bits per heavy atom. The van der Waals surface area contributed by atoms with Gasteiger partial charge in [0.15, 0.2) is 5.60 Å². The van der Waals surface area contributed by atoms with Gasteiger partial charge in [-0.25, -0.2) is 4.79 Å². The van der Waals surface area contributed by atoms with Crippen LogP contribution in [0.3, 0.4) is 0 Å². The van der Waals surface area contributed by atoms with E-state index in [4.69, 9.17) is 4.74 Å². The molecule has 0 bridgehead atoms. The van der Waals surface area contributed by atoms with Gasteiger partial charge in [0.2, 0.25) is 0 Å². The molecule has 0 aromatic rings. The molecule has 0 atom stereocenters. The molecule has 1 aliphatic rings. The van der Waals surface area contributed by atoms with E-state index in [-0.39, 0.29) is 0 Å². The summed E-state index contributed by atoms with van der Waals surface area (Å²) in [6, 6.07) is 0. The summed E-state index contributed by atoms with van der Waals surface area (Å²) in [5, 5.41) is 10.3. The molecule has 0 spiro atoms. The fraction of sp³-hybridized carbons (Fsp3) is 0.929. The number of carbonyl (C=O) groups is 1. The molecule has 3 heteroatoms. The molecule has 0 aliphatic heterocycles. The molecule has 0 radical (unpaired) electrons. The third-order valence-electron chi connectivity index (χ3n) is 4.48. The molecular weight excluding hydrogens is 216 g/mol. The van der Waals surface area contributed by atoms with Crippen LogP contribution in [0.4, 0.5) is 0 Å². The van der Waals surface area contributed by atoms with E-state index < -0.39 is 11.6 Å². The van der Waals surface area contributed by atoms with Crippen LogP contribution in [0.5, 0.6) is 0 Å². The van der Waals surface area contributed by atoms with Gasteiger partial charge in [0.05, 0.1) is 6.61 Å². The van der Waals surface area contributed by atoms with E-state index in [1.54, 1.807) is 6.92 Å². The molecule has 1 rings (SSSR count). The molecular formula is C14H26O3. The summed E-state index contributed by atoms with van der Waals surface area (Å²) in [5.74, 6) is 0.162. The number of rotatable bonds is 4. The zero-order chi connectivity index (χ0) is 13.1. The molecule has 0 unspecified atom stereocenters. The first-order valence-electron chi connectivity index (χ1n) is 6.75. The molecule has 0 heterocycles. The fourth-order valence-corrected chi connectivity index (χ4v) is 2.64. The number of hydrogen-bond acceptors (Lipinski definition) is 3. The molecule has 0 saturated heterocycles. The highest BCUT2D eigenvalue weighted by molar-refractivity contribution is 5.79. The Kier molecular flexibility index (Phi) is 4.59. The summed E-state index contributed by atoms with van der Waals surface area (Å²) in [7, 11) is 0. The molecule has 3 nitrogen and oxygen atoms in total. The Morgan fingerprint density at radius 3 is 2.29 bits per heavy atom. The predicted octanol–water partition coefficient (Wildman–Crippen LogP) is 2.91. The fourth-order valence-electron chi connectivity index (χ4n) is 2.64. The van der Waals surface area contributed by atoms with Crippen molar-refractivity contribution in [3.63, 3.8) is 0 Å². The first-order chi connectivity index (χ1) is 7.85. The number of esters is 1. The van der Waals surface area contributed by atoms with Crippen LogP contribution in [-0.4, -0.2) is 23.3 Å². The van der Waals surface area contributed by atoms with E-state index in [2.05, 4.69) is 20.8 Å². The highest BCUT2D eigenvalue weighted by atomic mass is 16.5. The van der Waals surface area contributed by atoms with Gasteiger partial charge in [-0.3, -0.25) is 0 Å². The van der Waals surface area contributed by atoms with Crippen molar-refractivity contribution in [1.29, 1.82) is 0 Å². The van der Waals surface area contributed by atoms with E-state index >= 15 is 0 Å². The highest BCUT2D eigenvalue weighted by Crippen LogP contribution is 2.43. The van der Waals surface area contributed by atoms with Crippen molar-refractivity contribution in [1.82, 2.24) is 0 Å². The second-order valence-corrected chi connectivity index (χ2v) is 5.87. The standard InChI is InChI=1S/C14H26O3/c1-5-13(3,4)11-7-9-14(16,10-8-11)12(15)17-6-2/h11,16H,5-10H2,1-4H3. The lowest BCUT2D eigenvalue weighted by Gasteiger charge is -2.41. The lowest BCUT2D eigenvalue weighted by molar-refractivity contribution is -0.170. The highest BCUT2D eigenvalue weighted by Gasteiger charge is 2.43. The van der Waals surface area contributed by atoms with Crippen LogP contribution in [0.15, 0.2) is 0 Å². The third-order valence-corrected chi connectivity index (χ3v) is 4.48. The summed E-state index contributed by atoms with van der Waals surface area (Å²) < 4.78 is 4.94. The normalized spacial score (nSPS) is 30.1. The quantitative estimate of drug-likeness (QED) is 0.771. The van der Waals surface area contributed by atoms with E-state index in [1.807, 2.05) is 0 Å². The van der Waals surface area contributed by atoms with Gasteiger partial charge >= 0.3 is 5.97 Å². The van der Waals surface area contributed by atoms with Gasteiger partial charge in [0, 0.05) is 0 Å². The van der Waals surface area contributed by atoms with Crippen molar-refractivity contribution in [2.75, 3.05) is 6.61 Å². The SMILES string of the molecule is CCOC(=O)C1(O)CCC(C(C)(C)CC)CC1. The minimum Gasteiger partial charge on any atom is -0.464 e. The minimum absolute atomic E-state index is 0.302. The second-order valence-electron chi connectivity index (χ2n) is 5.87. The summed E-state index contributed by atoms with van der Waals surface area (Å²) in [5.41, 5.74) is -0.924. The van der Waals surface area contributed by atoms with Crippen LogP contribution in [0.2, 0.25) is 0 Å². The monoisotopic (exact) mass is 242 g/mol. The topological polar surface area (TPSA) is 46.5 Å². The van der Waals surface area contributed by atoms with E-state index in [0.717, 1.165) is 19.3 Å². The van der Waals surface area contributed by atoms with Crippen molar-refractivity contribution in [3.05, 3.63) is 0 Å². The number of carbonyl (C=O) groups excluding carboxylic acids is 1. The van der Waals surface area contributed by atoms with Crippen molar-refractivity contribution in [2.45, 2.75) is 65.4 Å². The average Bonchev–Trinajstić information content (AvgIpc) is 2.30. The van der Waals surface area contributed by atoms with E-state index in [9.17, 15) is 9.90 Å². The Morgan fingerprint density at radius 1 is 1.35 bits per heavy atom. The maximum atomic E-state index is 11.7. The molecule has 0 aromatic carbocycles. The average molecular weight is 242 g/mol. The molecule has 0 amide bonds. The number of aliphatic hydroxyl groups is 1. The van der Waals surface area contributed by atoms with E-state index in [1.165, 1.54) is 0 Å². The van der Waals surface area contributed by atoms with Crippen LogP contribution in [-0.2, 0) is 9.53 Å². The summed E-state index contributed by atoms with van der Waals surface area (Å²) >= 11 is 0. The second kappa shape index (κ2) is 5.38. The number of hydrogen-bond donors (Lipinski definition) is 1. The maximum absolute atomic E-state index is 11.7. The Balaban J connectivity index is 2.58.